The predicted octanol–water partition coefficient (Wildman–Crippen LogP) is 7.63. The summed E-state index contributed by atoms with van der Waals surface area (Å²) in [6.45, 7) is 12.6. The molecule has 6 heterocycles. The van der Waals surface area contributed by atoms with E-state index in [0.29, 0.717) is 21.7 Å². The second kappa shape index (κ2) is 15.1. The fourth-order valence-corrected chi connectivity index (χ4v) is 9.84. The largest absolute Gasteiger partial charge is 0.354 e. The number of aliphatic imine (C=N–C) groups is 2. The molecular weight excluding hydrogens is 788 g/mol. The molecule has 16 heteroatoms. The van der Waals surface area contributed by atoms with Crippen molar-refractivity contribution in [1.29, 1.82) is 0 Å². The maximum atomic E-state index is 13.5. The Morgan fingerprint density at radius 2 is 0.982 bits per heavy atom. The van der Waals surface area contributed by atoms with Crippen LogP contribution in [-0.2, 0) is 9.59 Å². The van der Waals surface area contributed by atoms with Crippen molar-refractivity contribution in [2.45, 2.75) is 66.5 Å². The molecular formula is C40H38Cl2N10O2S2. The summed E-state index contributed by atoms with van der Waals surface area (Å²) in [5.74, 6) is 2.18. The molecule has 2 aliphatic rings. The van der Waals surface area contributed by atoms with E-state index >= 15 is 0 Å². The van der Waals surface area contributed by atoms with Crippen LogP contribution in [0.25, 0.3) is 10.0 Å². The van der Waals surface area contributed by atoms with Gasteiger partial charge in [-0.1, -0.05) is 47.5 Å². The van der Waals surface area contributed by atoms with Gasteiger partial charge < -0.3 is 10.6 Å². The number of hydrogen-bond acceptors (Lipinski definition) is 10. The van der Waals surface area contributed by atoms with E-state index in [4.69, 9.17) is 33.2 Å². The first-order valence-corrected chi connectivity index (χ1v) is 20.5. The molecule has 2 amide bonds. The number of halogens is 2. The summed E-state index contributed by atoms with van der Waals surface area (Å²) in [5.41, 5.74) is 7.58. The highest BCUT2D eigenvalue weighted by atomic mass is 35.5. The fraction of sp³-hybridized carbons (Fsp3) is 0.300. The summed E-state index contributed by atoms with van der Waals surface area (Å²) in [7, 11) is 0. The summed E-state index contributed by atoms with van der Waals surface area (Å²) < 4.78 is 4.03. The number of aryl methyl sites for hydroxylation is 4. The van der Waals surface area contributed by atoms with E-state index in [0.717, 1.165) is 66.5 Å². The second-order valence-electron chi connectivity index (χ2n) is 13.9. The van der Waals surface area contributed by atoms with Gasteiger partial charge >= 0.3 is 0 Å². The van der Waals surface area contributed by atoms with Crippen molar-refractivity contribution < 1.29 is 9.59 Å². The molecule has 8 rings (SSSR count). The summed E-state index contributed by atoms with van der Waals surface area (Å²) in [6, 6.07) is 13.9. The fourth-order valence-electron chi connectivity index (χ4n) is 7.16. The highest BCUT2D eigenvalue weighted by molar-refractivity contribution is 7.15. The summed E-state index contributed by atoms with van der Waals surface area (Å²) in [4.78, 5) is 39.7. The number of rotatable bonds is 9. The Bertz CT molecular complexity index is 2400. The van der Waals surface area contributed by atoms with E-state index in [1.54, 1.807) is 22.7 Å². The van der Waals surface area contributed by atoms with Crippen LogP contribution in [-0.4, -0.2) is 65.9 Å². The highest BCUT2D eigenvalue weighted by Gasteiger charge is 2.34. The number of nitrogens with one attached hydrogen (secondary N) is 2. The molecule has 2 atom stereocenters. The average Bonchev–Trinajstić information content (AvgIpc) is 3.86. The molecule has 0 radical (unpaired) electrons. The predicted molar refractivity (Wildman–Crippen MR) is 222 cm³/mol. The van der Waals surface area contributed by atoms with Gasteiger partial charge in [0.25, 0.3) is 0 Å². The number of carbonyl (C=O) groups is 2. The number of nitrogens with zero attached hydrogens (tertiary/aromatic N) is 8. The van der Waals surface area contributed by atoms with Crippen molar-refractivity contribution in [3.8, 4) is 10.0 Å². The van der Waals surface area contributed by atoms with Gasteiger partial charge in [-0.3, -0.25) is 28.7 Å². The second-order valence-corrected chi connectivity index (χ2v) is 17.2. The summed E-state index contributed by atoms with van der Waals surface area (Å²) in [5, 5.41) is 26.9. The van der Waals surface area contributed by atoms with Crippen molar-refractivity contribution in [3.05, 3.63) is 125 Å². The van der Waals surface area contributed by atoms with E-state index in [2.05, 4.69) is 58.7 Å². The van der Waals surface area contributed by atoms with E-state index in [-0.39, 0.29) is 37.7 Å². The average molecular weight is 826 g/mol. The van der Waals surface area contributed by atoms with Gasteiger partial charge in [0.2, 0.25) is 11.8 Å². The third kappa shape index (κ3) is 6.88. The Kier molecular flexibility index (Phi) is 10.2. The number of hydrogen-bond donors (Lipinski definition) is 2. The van der Waals surface area contributed by atoms with Crippen molar-refractivity contribution >= 4 is 69.1 Å². The quantitative estimate of drug-likeness (QED) is 0.144. The van der Waals surface area contributed by atoms with Crippen LogP contribution in [0, 0.1) is 41.5 Å². The normalized spacial score (nSPS) is 15.8. The van der Waals surface area contributed by atoms with Gasteiger partial charge in [0.1, 0.15) is 33.7 Å². The van der Waals surface area contributed by atoms with Crippen LogP contribution in [0.3, 0.4) is 0 Å². The van der Waals surface area contributed by atoms with Gasteiger partial charge in [-0.15, -0.1) is 43.1 Å². The zero-order valence-corrected chi connectivity index (χ0v) is 34.7. The van der Waals surface area contributed by atoms with E-state index in [1.165, 1.54) is 9.75 Å². The lowest BCUT2D eigenvalue weighted by molar-refractivity contribution is -0.123. The maximum Gasteiger partial charge on any atom is 0.222 e. The third-order valence-electron chi connectivity index (χ3n) is 10.2. The van der Waals surface area contributed by atoms with E-state index in [9.17, 15) is 9.59 Å². The highest BCUT2D eigenvalue weighted by Crippen LogP contribution is 2.41. The third-order valence-corrected chi connectivity index (χ3v) is 13.1. The van der Waals surface area contributed by atoms with Crippen molar-refractivity contribution in [2.24, 2.45) is 9.98 Å². The number of thiophene rings is 2. The van der Waals surface area contributed by atoms with Crippen LogP contribution in [0.1, 0.15) is 91.4 Å². The summed E-state index contributed by atoms with van der Waals surface area (Å²) >= 11 is 15.8. The van der Waals surface area contributed by atoms with E-state index < -0.39 is 12.1 Å². The van der Waals surface area contributed by atoms with Gasteiger partial charge in [-0.05, 0) is 76.9 Å². The Balaban J connectivity index is 0.979. The van der Waals surface area contributed by atoms with Gasteiger partial charge in [0.05, 0.1) is 24.3 Å². The lowest BCUT2D eigenvalue weighted by atomic mass is 9.99. The number of fused-ring (bicyclic) bond motifs is 6. The summed E-state index contributed by atoms with van der Waals surface area (Å²) in [6.07, 6.45) is 0.0802. The van der Waals surface area contributed by atoms with Gasteiger partial charge in [-0.25, -0.2) is 0 Å². The lowest BCUT2D eigenvalue weighted by Crippen LogP contribution is -2.35. The number of aromatic nitrogens is 6. The first kappa shape index (κ1) is 37.9. The van der Waals surface area contributed by atoms with Crippen molar-refractivity contribution in [1.82, 2.24) is 40.2 Å². The van der Waals surface area contributed by atoms with Crippen molar-refractivity contribution in [2.75, 3.05) is 13.1 Å². The molecule has 0 unspecified atom stereocenters. The molecule has 0 bridgehead atoms. The molecule has 2 aromatic carbocycles. The molecule has 0 aliphatic carbocycles. The molecule has 0 saturated heterocycles. The minimum atomic E-state index is -0.602. The minimum Gasteiger partial charge on any atom is -0.354 e. The molecule has 2 N–H and O–H groups in total. The zero-order valence-electron chi connectivity index (χ0n) is 31.6. The maximum absolute atomic E-state index is 13.5. The van der Waals surface area contributed by atoms with Crippen LogP contribution < -0.4 is 10.6 Å². The Hall–Kier alpha value is -5.02. The van der Waals surface area contributed by atoms with Crippen LogP contribution in [0.2, 0.25) is 10.0 Å². The van der Waals surface area contributed by atoms with Gasteiger partial charge in [0.15, 0.2) is 11.6 Å². The standard InChI is InChI=1S/C40H38Cl2N10O2S2/c1-19-21(3)55-39-33(19)35(25-7-11-27(41)12-8-25)45-29(37-49-47-23(5)51(37)39)17-31(53)43-15-16-44-32(54)18-30-38-50-48-24(6)52(38)40-34(20(2)22(4)56-40)36(46-30)26-9-13-28(42)14-10-26/h7-14,29-30H,15-18H2,1-6H3,(H,43,53)(H,44,54)/t29-,30-/m0/s1. The molecule has 0 saturated carbocycles. The molecule has 4 aromatic heterocycles. The first-order valence-electron chi connectivity index (χ1n) is 18.2. The van der Waals surface area contributed by atoms with Gasteiger partial charge in [0, 0.05) is 55.1 Å². The Morgan fingerprint density at radius 3 is 1.36 bits per heavy atom. The Labute approximate surface area is 341 Å². The molecule has 6 aromatic rings. The first-order chi connectivity index (χ1) is 26.9. The van der Waals surface area contributed by atoms with Crippen LogP contribution in [0.5, 0.6) is 0 Å². The lowest BCUT2D eigenvalue weighted by Gasteiger charge is -2.14. The monoisotopic (exact) mass is 824 g/mol. The molecule has 0 spiro atoms. The SMILES string of the molecule is Cc1sc2c(c1C)C(c1ccc(Cl)cc1)=N[C@@H](CC(=O)NCCNC(=O)C[C@@H]1N=C(c3ccc(Cl)cc3)c3c(sc(C)c3C)-n3c(C)nnc31)c1nnc(C)n1-2. The van der Waals surface area contributed by atoms with Crippen LogP contribution in [0.15, 0.2) is 58.5 Å². The smallest absolute Gasteiger partial charge is 0.222 e. The zero-order chi connectivity index (χ0) is 39.4. The van der Waals surface area contributed by atoms with Crippen LogP contribution in [0.4, 0.5) is 0 Å². The van der Waals surface area contributed by atoms with E-state index in [1.807, 2.05) is 71.5 Å². The molecule has 0 fully saturated rings. The Morgan fingerprint density at radius 1 is 0.607 bits per heavy atom. The molecule has 56 heavy (non-hydrogen) atoms. The molecule has 12 nitrogen and oxygen atoms in total. The molecule has 2 aliphatic heterocycles. The number of amides is 2. The molecule has 286 valence electrons. The number of benzene rings is 2. The van der Waals surface area contributed by atoms with Crippen LogP contribution >= 0.6 is 45.9 Å². The minimum absolute atomic E-state index is 0.0401. The van der Waals surface area contributed by atoms with Gasteiger partial charge in [-0.2, -0.15) is 0 Å². The number of carbonyl (C=O) groups excluding carboxylic acids is 2. The topological polar surface area (TPSA) is 144 Å². The van der Waals surface area contributed by atoms with Crippen molar-refractivity contribution in [3.63, 3.8) is 0 Å².